The van der Waals surface area contributed by atoms with Crippen LogP contribution in [0, 0.1) is 5.92 Å². The Bertz CT molecular complexity index is 751. The van der Waals surface area contributed by atoms with Gasteiger partial charge < -0.3 is 9.84 Å². The van der Waals surface area contributed by atoms with Crippen LogP contribution in [0.15, 0.2) is 30.6 Å². The molecule has 138 valence electrons. The smallest absolute Gasteiger partial charge is 0.356 e. The molecule has 26 heavy (non-hydrogen) atoms. The molecule has 0 saturated heterocycles. The van der Waals surface area contributed by atoms with E-state index < -0.39 is 5.97 Å². The van der Waals surface area contributed by atoms with Crippen molar-refractivity contribution in [2.24, 2.45) is 5.92 Å². The third-order valence-electron chi connectivity index (χ3n) is 4.64. The van der Waals surface area contributed by atoms with Crippen molar-refractivity contribution in [3.8, 4) is 5.88 Å². The number of ketones is 1. The molecule has 2 aromatic rings. The first kappa shape index (κ1) is 18.1. The molecule has 2 aromatic heterocycles. The Balaban J connectivity index is 1.66. The number of carboxylic acids is 1. The zero-order valence-electron chi connectivity index (χ0n) is 14.6. The Morgan fingerprint density at radius 1 is 1.27 bits per heavy atom. The van der Waals surface area contributed by atoms with Crippen molar-refractivity contribution in [1.82, 2.24) is 14.8 Å². The van der Waals surface area contributed by atoms with E-state index in [1.54, 1.807) is 18.5 Å². The number of hydrogen-bond acceptors (Lipinski definition) is 5. The summed E-state index contributed by atoms with van der Waals surface area (Å²) in [7, 11) is 0. The van der Waals surface area contributed by atoms with Gasteiger partial charge in [-0.05, 0) is 12.0 Å². The lowest BCUT2D eigenvalue weighted by atomic mass is 9.86. The maximum absolute atomic E-state index is 12.4. The number of ether oxygens (including phenoxy) is 1. The zero-order valence-corrected chi connectivity index (χ0v) is 14.6. The molecule has 0 atom stereocenters. The average Bonchev–Trinajstić information content (AvgIpc) is 3.04. The van der Waals surface area contributed by atoms with Gasteiger partial charge in [-0.25, -0.2) is 9.48 Å². The highest BCUT2D eigenvalue weighted by Gasteiger charge is 2.20. The highest BCUT2D eigenvalue weighted by atomic mass is 16.5. The Morgan fingerprint density at radius 3 is 2.77 bits per heavy atom. The number of aromatic nitrogens is 3. The molecule has 1 fully saturated rings. The van der Waals surface area contributed by atoms with Gasteiger partial charge in [0.25, 0.3) is 0 Å². The summed E-state index contributed by atoms with van der Waals surface area (Å²) >= 11 is 0. The lowest BCUT2D eigenvalue weighted by molar-refractivity contribution is -0.121. The number of rotatable bonds is 8. The second-order valence-electron chi connectivity index (χ2n) is 6.73. The Morgan fingerprint density at radius 2 is 2.08 bits per heavy atom. The van der Waals surface area contributed by atoms with Crippen molar-refractivity contribution in [1.29, 1.82) is 0 Å². The SMILES string of the molecule is O=C(CC1CCCCC1)Cn1nc(C(=O)O)cc1OCc1cccnc1. The van der Waals surface area contributed by atoms with Crippen LogP contribution in [0.5, 0.6) is 5.88 Å². The van der Waals surface area contributed by atoms with Gasteiger partial charge in [-0.2, -0.15) is 5.10 Å². The van der Waals surface area contributed by atoms with E-state index in [2.05, 4.69) is 10.1 Å². The molecule has 0 aromatic carbocycles. The fourth-order valence-electron chi connectivity index (χ4n) is 3.32. The summed E-state index contributed by atoms with van der Waals surface area (Å²) in [5, 5.41) is 13.2. The monoisotopic (exact) mass is 357 g/mol. The Labute approximate surface area is 152 Å². The predicted molar refractivity (Wildman–Crippen MR) is 94.0 cm³/mol. The van der Waals surface area contributed by atoms with Gasteiger partial charge in [-0.15, -0.1) is 0 Å². The van der Waals surface area contributed by atoms with E-state index in [-0.39, 0.29) is 30.5 Å². The maximum Gasteiger partial charge on any atom is 0.356 e. The molecule has 0 amide bonds. The first-order valence-corrected chi connectivity index (χ1v) is 8.96. The van der Waals surface area contributed by atoms with Crippen LogP contribution in [0.3, 0.4) is 0 Å². The normalized spacial score (nSPS) is 14.9. The molecule has 0 spiro atoms. The number of pyridine rings is 1. The molecule has 1 N–H and O–H groups in total. The van der Waals surface area contributed by atoms with E-state index in [1.807, 2.05) is 6.07 Å². The molecular weight excluding hydrogens is 334 g/mol. The maximum atomic E-state index is 12.4. The molecule has 3 rings (SSSR count). The van der Waals surface area contributed by atoms with E-state index in [9.17, 15) is 14.7 Å². The number of carbonyl (C=O) groups is 2. The fraction of sp³-hybridized carbons (Fsp3) is 0.474. The number of carbonyl (C=O) groups excluding carboxylic acids is 1. The molecule has 1 saturated carbocycles. The van der Waals surface area contributed by atoms with E-state index in [0.717, 1.165) is 18.4 Å². The van der Waals surface area contributed by atoms with Crippen molar-refractivity contribution in [3.05, 3.63) is 41.9 Å². The van der Waals surface area contributed by atoms with Gasteiger partial charge in [0.2, 0.25) is 5.88 Å². The van der Waals surface area contributed by atoms with E-state index in [0.29, 0.717) is 12.3 Å². The summed E-state index contributed by atoms with van der Waals surface area (Å²) in [6.45, 7) is 0.265. The largest absolute Gasteiger partial charge is 0.476 e. The molecule has 1 aliphatic carbocycles. The molecule has 2 heterocycles. The third-order valence-corrected chi connectivity index (χ3v) is 4.64. The average molecular weight is 357 g/mol. The lowest BCUT2D eigenvalue weighted by Gasteiger charge is -2.20. The topological polar surface area (TPSA) is 94.3 Å². The number of aromatic carboxylic acids is 1. The summed E-state index contributed by atoms with van der Waals surface area (Å²) in [5.41, 5.74) is 0.724. The van der Waals surface area contributed by atoms with Gasteiger partial charge in [0.15, 0.2) is 11.5 Å². The Hall–Kier alpha value is -2.70. The van der Waals surface area contributed by atoms with Crippen LogP contribution in [0.4, 0.5) is 0 Å². The van der Waals surface area contributed by atoms with Gasteiger partial charge >= 0.3 is 5.97 Å². The molecule has 0 radical (unpaired) electrons. The third kappa shape index (κ3) is 4.91. The highest BCUT2D eigenvalue weighted by Crippen LogP contribution is 2.27. The van der Waals surface area contributed by atoms with Crippen molar-refractivity contribution in [2.75, 3.05) is 0 Å². The first-order chi connectivity index (χ1) is 12.6. The van der Waals surface area contributed by atoms with Gasteiger partial charge in [-0.1, -0.05) is 38.2 Å². The van der Waals surface area contributed by atoms with Crippen LogP contribution in [-0.2, 0) is 17.9 Å². The van der Waals surface area contributed by atoms with E-state index >= 15 is 0 Å². The van der Waals surface area contributed by atoms with Gasteiger partial charge in [0.1, 0.15) is 13.2 Å². The van der Waals surface area contributed by atoms with Crippen molar-refractivity contribution < 1.29 is 19.4 Å². The van der Waals surface area contributed by atoms with Crippen LogP contribution in [0.1, 0.15) is 54.6 Å². The summed E-state index contributed by atoms with van der Waals surface area (Å²) < 4.78 is 7.04. The molecule has 0 unspecified atom stereocenters. The van der Waals surface area contributed by atoms with Crippen molar-refractivity contribution >= 4 is 11.8 Å². The second kappa shape index (κ2) is 8.60. The standard InChI is InChI=1S/C19H23N3O4/c23-16(9-14-5-2-1-3-6-14)12-22-18(10-17(21-22)19(24)25)26-13-15-7-4-8-20-11-15/h4,7-8,10-11,14H,1-3,5-6,9,12-13H2,(H,24,25). The van der Waals surface area contributed by atoms with E-state index in [4.69, 9.17) is 4.74 Å². The van der Waals surface area contributed by atoms with Gasteiger partial charge in [0, 0.05) is 30.4 Å². The zero-order chi connectivity index (χ0) is 18.4. The lowest BCUT2D eigenvalue weighted by Crippen LogP contribution is -2.18. The Kier molecular flexibility index (Phi) is 5.99. The number of nitrogens with zero attached hydrogens (tertiary/aromatic N) is 3. The van der Waals surface area contributed by atoms with Gasteiger partial charge in [0.05, 0.1) is 0 Å². The van der Waals surface area contributed by atoms with Crippen LogP contribution >= 0.6 is 0 Å². The summed E-state index contributed by atoms with van der Waals surface area (Å²) in [6, 6.07) is 5.01. The fourth-order valence-corrected chi connectivity index (χ4v) is 3.32. The van der Waals surface area contributed by atoms with Crippen LogP contribution in [0.25, 0.3) is 0 Å². The van der Waals surface area contributed by atoms with Gasteiger partial charge in [-0.3, -0.25) is 9.78 Å². The van der Waals surface area contributed by atoms with Crippen molar-refractivity contribution in [2.45, 2.75) is 51.7 Å². The van der Waals surface area contributed by atoms with Crippen LogP contribution < -0.4 is 4.74 Å². The first-order valence-electron chi connectivity index (χ1n) is 8.96. The summed E-state index contributed by atoms with van der Waals surface area (Å²) in [5.74, 6) is -0.369. The molecule has 0 aliphatic heterocycles. The summed E-state index contributed by atoms with van der Waals surface area (Å²) in [6.07, 6.45) is 9.66. The highest BCUT2D eigenvalue weighted by molar-refractivity contribution is 5.86. The molecule has 0 bridgehead atoms. The van der Waals surface area contributed by atoms with Crippen molar-refractivity contribution in [3.63, 3.8) is 0 Å². The molecular formula is C19H23N3O4. The number of hydrogen-bond donors (Lipinski definition) is 1. The molecule has 7 nitrogen and oxygen atoms in total. The quantitative estimate of drug-likeness (QED) is 0.780. The summed E-state index contributed by atoms with van der Waals surface area (Å²) in [4.78, 5) is 27.6. The molecule has 7 heteroatoms. The van der Waals surface area contributed by atoms with Crippen LogP contribution in [-0.4, -0.2) is 31.6 Å². The van der Waals surface area contributed by atoms with Crippen LogP contribution in [0.2, 0.25) is 0 Å². The minimum absolute atomic E-state index is 0.0339. The second-order valence-corrected chi connectivity index (χ2v) is 6.73. The minimum Gasteiger partial charge on any atom is -0.476 e. The number of carboxylic acid groups (broad SMARTS) is 1. The number of Topliss-reactive ketones (excluding diaryl/α,β-unsaturated/α-hetero) is 1. The predicted octanol–water partition coefficient (Wildman–Crippen LogP) is 3.09. The van der Waals surface area contributed by atoms with E-state index in [1.165, 1.54) is 30.0 Å². The minimum atomic E-state index is -1.14. The molecule has 1 aliphatic rings.